The number of hydrogen-bond donors (Lipinski definition) is 2. The van der Waals surface area contributed by atoms with Crippen molar-refractivity contribution in [1.29, 1.82) is 0 Å². The highest BCUT2D eigenvalue weighted by Gasteiger charge is 2.28. The summed E-state index contributed by atoms with van der Waals surface area (Å²) in [4.78, 5) is 14.1. The minimum Gasteiger partial charge on any atom is -0.383 e. The van der Waals surface area contributed by atoms with E-state index >= 15 is 0 Å². The first-order valence-corrected chi connectivity index (χ1v) is 7.57. The van der Waals surface area contributed by atoms with Crippen LogP contribution in [0.3, 0.4) is 0 Å². The van der Waals surface area contributed by atoms with Crippen LogP contribution in [0.4, 0.5) is 4.79 Å². The highest BCUT2D eigenvalue weighted by Crippen LogP contribution is 2.25. The Morgan fingerprint density at radius 2 is 1.95 bits per heavy atom. The summed E-state index contributed by atoms with van der Waals surface area (Å²) in [5.74, 6) is 0. The van der Waals surface area contributed by atoms with Gasteiger partial charge < -0.3 is 15.4 Å². The summed E-state index contributed by atoms with van der Waals surface area (Å²) in [6, 6.07) is 1.11. The summed E-state index contributed by atoms with van der Waals surface area (Å²) in [6.45, 7) is 3.38. The van der Waals surface area contributed by atoms with Crippen molar-refractivity contribution in [1.82, 2.24) is 15.5 Å². The van der Waals surface area contributed by atoms with Crippen LogP contribution in [0.5, 0.6) is 0 Å². The van der Waals surface area contributed by atoms with Gasteiger partial charge in [0.25, 0.3) is 0 Å². The molecule has 2 aliphatic rings. The molecular weight excluding hydrogens is 242 g/mol. The van der Waals surface area contributed by atoms with E-state index in [4.69, 9.17) is 4.74 Å². The van der Waals surface area contributed by atoms with E-state index in [2.05, 4.69) is 15.5 Å². The maximum Gasteiger partial charge on any atom is 0.315 e. The fourth-order valence-corrected chi connectivity index (χ4v) is 2.74. The minimum absolute atomic E-state index is 0.00520. The SMILES string of the molecule is COCCN(CCNC(=O)NC1CCCC1)C1CC1. The molecule has 0 aromatic carbocycles. The molecule has 0 bridgehead atoms. The molecule has 2 rings (SSSR count). The zero-order valence-electron chi connectivity index (χ0n) is 12.0. The predicted octanol–water partition coefficient (Wildman–Crippen LogP) is 1.34. The maximum atomic E-state index is 11.7. The molecule has 19 heavy (non-hydrogen) atoms. The Kier molecular flexibility index (Phi) is 5.92. The second-order valence-corrected chi connectivity index (χ2v) is 5.64. The molecule has 2 saturated carbocycles. The number of hydrogen-bond acceptors (Lipinski definition) is 3. The highest BCUT2D eigenvalue weighted by atomic mass is 16.5. The molecule has 0 heterocycles. The highest BCUT2D eigenvalue weighted by molar-refractivity contribution is 5.74. The van der Waals surface area contributed by atoms with E-state index in [1.807, 2.05) is 0 Å². The van der Waals surface area contributed by atoms with Gasteiger partial charge in [0.2, 0.25) is 0 Å². The Morgan fingerprint density at radius 1 is 1.21 bits per heavy atom. The third kappa shape index (κ3) is 5.37. The van der Waals surface area contributed by atoms with E-state index < -0.39 is 0 Å². The number of methoxy groups -OCH3 is 1. The third-order valence-electron chi connectivity index (χ3n) is 4.02. The molecule has 2 aliphatic carbocycles. The number of urea groups is 1. The van der Waals surface area contributed by atoms with E-state index in [1.54, 1.807) is 7.11 Å². The maximum absolute atomic E-state index is 11.7. The number of ether oxygens (including phenoxy) is 1. The molecule has 5 heteroatoms. The van der Waals surface area contributed by atoms with Crippen LogP contribution >= 0.6 is 0 Å². The van der Waals surface area contributed by atoms with Crippen LogP contribution in [0.15, 0.2) is 0 Å². The Hall–Kier alpha value is -0.810. The number of rotatable bonds is 8. The summed E-state index contributed by atoms with van der Waals surface area (Å²) in [6.07, 6.45) is 7.34. The van der Waals surface area contributed by atoms with Gasteiger partial charge in [0.05, 0.1) is 6.61 Å². The van der Waals surface area contributed by atoms with Crippen LogP contribution in [0.1, 0.15) is 38.5 Å². The fraction of sp³-hybridized carbons (Fsp3) is 0.929. The first-order valence-electron chi connectivity index (χ1n) is 7.57. The lowest BCUT2D eigenvalue weighted by molar-refractivity contribution is 0.144. The second kappa shape index (κ2) is 7.70. The molecule has 5 nitrogen and oxygen atoms in total. The lowest BCUT2D eigenvalue weighted by atomic mass is 10.2. The Bertz CT molecular complexity index is 276. The number of nitrogens with zero attached hydrogens (tertiary/aromatic N) is 1. The second-order valence-electron chi connectivity index (χ2n) is 5.64. The van der Waals surface area contributed by atoms with Crippen molar-refractivity contribution in [2.75, 3.05) is 33.4 Å². The number of carbonyl (C=O) groups excluding carboxylic acids is 1. The van der Waals surface area contributed by atoms with Crippen LogP contribution < -0.4 is 10.6 Å². The van der Waals surface area contributed by atoms with Gasteiger partial charge in [-0.25, -0.2) is 4.79 Å². The molecule has 0 radical (unpaired) electrons. The molecule has 0 aliphatic heterocycles. The van der Waals surface area contributed by atoms with Gasteiger partial charge in [-0.2, -0.15) is 0 Å². The molecule has 0 atom stereocenters. The summed E-state index contributed by atoms with van der Waals surface area (Å²) < 4.78 is 5.12. The van der Waals surface area contributed by atoms with E-state index in [0.29, 0.717) is 6.04 Å². The first-order chi connectivity index (χ1) is 9.29. The Labute approximate surface area is 116 Å². The van der Waals surface area contributed by atoms with Crippen LogP contribution in [0, 0.1) is 0 Å². The quantitative estimate of drug-likeness (QED) is 0.699. The normalized spacial score (nSPS) is 19.9. The Balaban J connectivity index is 1.57. The summed E-state index contributed by atoms with van der Waals surface area (Å²) in [7, 11) is 1.73. The molecule has 2 amide bonds. The Morgan fingerprint density at radius 3 is 2.58 bits per heavy atom. The average molecular weight is 269 g/mol. The van der Waals surface area contributed by atoms with Gasteiger partial charge in [-0.3, -0.25) is 4.90 Å². The van der Waals surface area contributed by atoms with Gasteiger partial charge in [-0.15, -0.1) is 0 Å². The third-order valence-corrected chi connectivity index (χ3v) is 4.02. The summed E-state index contributed by atoms with van der Waals surface area (Å²) in [5, 5.41) is 6.01. The molecular formula is C14H27N3O2. The van der Waals surface area contributed by atoms with E-state index in [1.165, 1.54) is 25.7 Å². The van der Waals surface area contributed by atoms with Gasteiger partial charge in [-0.05, 0) is 25.7 Å². The van der Waals surface area contributed by atoms with Crippen LogP contribution in [0.2, 0.25) is 0 Å². The average Bonchev–Trinajstić information content (AvgIpc) is 3.12. The monoisotopic (exact) mass is 269 g/mol. The van der Waals surface area contributed by atoms with Crippen molar-refractivity contribution in [3.63, 3.8) is 0 Å². The number of nitrogens with one attached hydrogen (secondary N) is 2. The summed E-state index contributed by atoms with van der Waals surface area (Å²) >= 11 is 0. The van der Waals surface area contributed by atoms with E-state index in [9.17, 15) is 4.79 Å². The van der Waals surface area contributed by atoms with Crippen LogP contribution in [-0.2, 0) is 4.74 Å². The molecule has 2 N–H and O–H groups in total. The minimum atomic E-state index is -0.00520. The van der Waals surface area contributed by atoms with Gasteiger partial charge in [0.15, 0.2) is 0 Å². The smallest absolute Gasteiger partial charge is 0.315 e. The van der Waals surface area contributed by atoms with Crippen molar-refractivity contribution in [2.45, 2.75) is 50.6 Å². The lowest BCUT2D eigenvalue weighted by Crippen LogP contribution is -2.44. The van der Waals surface area contributed by atoms with Gasteiger partial charge in [0.1, 0.15) is 0 Å². The molecule has 110 valence electrons. The molecule has 2 fully saturated rings. The van der Waals surface area contributed by atoms with Crippen molar-refractivity contribution >= 4 is 6.03 Å². The fourth-order valence-electron chi connectivity index (χ4n) is 2.74. The predicted molar refractivity (Wildman–Crippen MR) is 75.3 cm³/mol. The molecule has 0 aromatic heterocycles. The van der Waals surface area contributed by atoms with Crippen molar-refractivity contribution in [2.24, 2.45) is 0 Å². The molecule has 0 unspecified atom stereocenters. The zero-order chi connectivity index (χ0) is 13.5. The van der Waals surface area contributed by atoms with E-state index in [0.717, 1.165) is 45.1 Å². The molecule has 0 spiro atoms. The standard InChI is InChI=1S/C14H27N3O2/c1-19-11-10-17(13-6-7-13)9-8-15-14(18)16-12-4-2-3-5-12/h12-13H,2-11H2,1H3,(H2,15,16,18). The van der Waals surface area contributed by atoms with E-state index in [-0.39, 0.29) is 6.03 Å². The molecule has 0 aromatic rings. The lowest BCUT2D eigenvalue weighted by Gasteiger charge is -2.22. The van der Waals surface area contributed by atoms with Gasteiger partial charge >= 0.3 is 6.03 Å². The largest absolute Gasteiger partial charge is 0.383 e. The van der Waals surface area contributed by atoms with Crippen molar-refractivity contribution in [3.8, 4) is 0 Å². The van der Waals surface area contributed by atoms with Crippen molar-refractivity contribution < 1.29 is 9.53 Å². The zero-order valence-corrected chi connectivity index (χ0v) is 12.0. The topological polar surface area (TPSA) is 53.6 Å². The summed E-state index contributed by atoms with van der Waals surface area (Å²) in [5.41, 5.74) is 0. The first kappa shape index (κ1) is 14.6. The van der Waals surface area contributed by atoms with Crippen molar-refractivity contribution in [3.05, 3.63) is 0 Å². The number of amides is 2. The molecule has 0 saturated heterocycles. The van der Waals surface area contributed by atoms with Crippen LogP contribution in [0.25, 0.3) is 0 Å². The number of carbonyl (C=O) groups is 1. The van der Waals surface area contributed by atoms with Gasteiger partial charge in [-0.1, -0.05) is 12.8 Å². The van der Waals surface area contributed by atoms with Crippen LogP contribution in [-0.4, -0.2) is 56.4 Å². The van der Waals surface area contributed by atoms with Gasteiger partial charge in [0, 0.05) is 38.8 Å².